The topological polar surface area (TPSA) is 64.4 Å². The lowest BCUT2D eigenvalue weighted by Gasteiger charge is -2.26. The van der Waals surface area contributed by atoms with Gasteiger partial charge in [0, 0.05) is 6.54 Å². The third-order valence-electron chi connectivity index (χ3n) is 3.55. The van der Waals surface area contributed by atoms with Crippen molar-refractivity contribution in [2.75, 3.05) is 6.54 Å². The standard InChI is InChI=1S/C11H20N2O2.ClH/c1-11(2,6-12)10(14)13-8-5-7-3-4-9(8)15-7;/h7-9H,3-6,12H2,1-2H3,(H,13,14);1H. The molecule has 3 N–H and O–H groups in total. The van der Waals surface area contributed by atoms with E-state index in [9.17, 15) is 4.79 Å². The van der Waals surface area contributed by atoms with Crippen LogP contribution < -0.4 is 11.1 Å². The zero-order chi connectivity index (χ0) is 11.1. The molecule has 4 nitrogen and oxygen atoms in total. The number of rotatable bonds is 3. The van der Waals surface area contributed by atoms with Gasteiger partial charge in [0.25, 0.3) is 0 Å². The Hall–Kier alpha value is -0.320. The van der Waals surface area contributed by atoms with Crippen LogP contribution in [0.3, 0.4) is 0 Å². The van der Waals surface area contributed by atoms with E-state index in [1.165, 1.54) is 0 Å². The van der Waals surface area contributed by atoms with Crippen LogP contribution in [0.5, 0.6) is 0 Å². The highest BCUT2D eigenvalue weighted by molar-refractivity contribution is 5.85. The highest BCUT2D eigenvalue weighted by atomic mass is 35.5. The summed E-state index contributed by atoms with van der Waals surface area (Å²) < 4.78 is 5.69. The molecule has 1 amide bonds. The molecule has 0 saturated carbocycles. The minimum Gasteiger partial charge on any atom is -0.373 e. The summed E-state index contributed by atoms with van der Waals surface area (Å²) in [6, 6.07) is 0.210. The normalized spacial score (nSPS) is 32.3. The molecule has 3 atom stereocenters. The molecule has 0 radical (unpaired) electrons. The van der Waals surface area contributed by atoms with Crippen molar-refractivity contribution in [3.8, 4) is 0 Å². The van der Waals surface area contributed by atoms with E-state index in [1.807, 2.05) is 13.8 Å². The predicted molar refractivity (Wildman–Crippen MR) is 64.5 cm³/mol. The summed E-state index contributed by atoms with van der Waals surface area (Å²) in [5.41, 5.74) is 5.09. The Bertz CT molecular complexity index is 271. The molecule has 2 aliphatic rings. The van der Waals surface area contributed by atoms with Crippen LogP contribution >= 0.6 is 12.4 Å². The van der Waals surface area contributed by atoms with Gasteiger partial charge >= 0.3 is 0 Å². The second kappa shape index (κ2) is 4.90. The number of carbonyl (C=O) groups excluding carboxylic acids is 1. The van der Waals surface area contributed by atoms with Crippen LogP contribution in [0.15, 0.2) is 0 Å². The number of nitrogens with one attached hydrogen (secondary N) is 1. The molecule has 0 aromatic carbocycles. The zero-order valence-corrected chi connectivity index (χ0v) is 10.7. The van der Waals surface area contributed by atoms with Crippen molar-refractivity contribution in [1.82, 2.24) is 5.32 Å². The number of ether oxygens (including phenoxy) is 1. The first kappa shape index (κ1) is 13.7. The van der Waals surface area contributed by atoms with Gasteiger partial charge in [-0.05, 0) is 33.1 Å². The van der Waals surface area contributed by atoms with Crippen LogP contribution in [-0.2, 0) is 9.53 Å². The van der Waals surface area contributed by atoms with E-state index in [2.05, 4.69) is 5.32 Å². The van der Waals surface area contributed by atoms with Crippen molar-refractivity contribution in [2.45, 2.75) is 51.4 Å². The molecule has 2 bridgehead atoms. The average Bonchev–Trinajstić information content (AvgIpc) is 2.79. The van der Waals surface area contributed by atoms with Crippen LogP contribution in [0.1, 0.15) is 33.1 Å². The van der Waals surface area contributed by atoms with E-state index in [1.54, 1.807) is 0 Å². The van der Waals surface area contributed by atoms with Gasteiger partial charge in [0.05, 0.1) is 23.7 Å². The van der Waals surface area contributed by atoms with E-state index < -0.39 is 5.41 Å². The number of fused-ring (bicyclic) bond motifs is 2. The summed E-state index contributed by atoms with van der Waals surface area (Å²) in [6.45, 7) is 4.12. The van der Waals surface area contributed by atoms with Gasteiger partial charge in [-0.15, -0.1) is 12.4 Å². The molecule has 5 heteroatoms. The third kappa shape index (κ3) is 2.50. The first-order valence-corrected chi connectivity index (χ1v) is 5.69. The van der Waals surface area contributed by atoms with Crippen LogP contribution in [0.25, 0.3) is 0 Å². The lowest BCUT2D eigenvalue weighted by molar-refractivity contribution is -0.130. The van der Waals surface area contributed by atoms with Crippen LogP contribution in [0.4, 0.5) is 0 Å². The van der Waals surface area contributed by atoms with E-state index in [0.717, 1.165) is 19.3 Å². The Morgan fingerprint density at radius 2 is 2.19 bits per heavy atom. The molecule has 16 heavy (non-hydrogen) atoms. The average molecular weight is 249 g/mol. The molecule has 94 valence electrons. The van der Waals surface area contributed by atoms with Crippen molar-refractivity contribution in [2.24, 2.45) is 11.1 Å². The molecule has 0 spiro atoms. The van der Waals surface area contributed by atoms with Gasteiger partial charge in [-0.2, -0.15) is 0 Å². The Labute approximate surface area is 103 Å². The van der Waals surface area contributed by atoms with Crippen LogP contribution in [-0.4, -0.2) is 30.7 Å². The Balaban J connectivity index is 0.00000128. The second-order valence-corrected chi connectivity index (χ2v) is 5.28. The summed E-state index contributed by atoms with van der Waals surface area (Å²) in [7, 11) is 0. The van der Waals surface area contributed by atoms with Crippen molar-refractivity contribution in [3.05, 3.63) is 0 Å². The maximum Gasteiger partial charge on any atom is 0.227 e. The second-order valence-electron chi connectivity index (χ2n) is 5.28. The summed E-state index contributed by atoms with van der Waals surface area (Å²) in [5, 5.41) is 3.06. The summed E-state index contributed by atoms with van der Waals surface area (Å²) in [4.78, 5) is 11.9. The fourth-order valence-electron chi connectivity index (χ4n) is 2.25. The van der Waals surface area contributed by atoms with Crippen LogP contribution in [0, 0.1) is 5.41 Å². The molecule has 3 unspecified atom stereocenters. The molecule has 2 fully saturated rings. The highest BCUT2D eigenvalue weighted by Crippen LogP contribution is 2.34. The van der Waals surface area contributed by atoms with Crippen molar-refractivity contribution in [3.63, 3.8) is 0 Å². The quantitative estimate of drug-likeness (QED) is 0.778. The molecule has 2 heterocycles. The van der Waals surface area contributed by atoms with E-state index >= 15 is 0 Å². The first-order chi connectivity index (χ1) is 7.03. The SMILES string of the molecule is CC(C)(CN)C(=O)NC1CC2CCC1O2.Cl. The first-order valence-electron chi connectivity index (χ1n) is 5.69. The Kier molecular flexibility index (Phi) is 4.21. The number of halogens is 1. The zero-order valence-electron chi connectivity index (χ0n) is 9.86. The predicted octanol–water partition coefficient (Wildman–Crippen LogP) is 0.829. The van der Waals surface area contributed by atoms with Gasteiger partial charge in [-0.3, -0.25) is 4.79 Å². The van der Waals surface area contributed by atoms with Crippen LogP contribution in [0.2, 0.25) is 0 Å². The molecular formula is C11H21ClN2O2. The fourth-order valence-corrected chi connectivity index (χ4v) is 2.25. The van der Waals surface area contributed by atoms with Crippen molar-refractivity contribution in [1.29, 1.82) is 0 Å². The summed E-state index contributed by atoms with van der Waals surface area (Å²) >= 11 is 0. The largest absolute Gasteiger partial charge is 0.373 e. The molecule has 0 aliphatic carbocycles. The molecule has 2 aliphatic heterocycles. The number of nitrogens with two attached hydrogens (primary N) is 1. The summed E-state index contributed by atoms with van der Waals surface area (Å²) in [5.74, 6) is 0.0474. The number of hydrogen-bond donors (Lipinski definition) is 2. The lowest BCUT2D eigenvalue weighted by Crippen LogP contribution is -2.49. The number of carbonyl (C=O) groups is 1. The van der Waals surface area contributed by atoms with E-state index in [0.29, 0.717) is 12.6 Å². The minimum absolute atomic E-state index is 0. The van der Waals surface area contributed by atoms with Crippen molar-refractivity contribution >= 4 is 18.3 Å². The van der Waals surface area contributed by atoms with Gasteiger partial charge in [0.15, 0.2) is 0 Å². The Morgan fingerprint density at radius 3 is 2.62 bits per heavy atom. The molecule has 0 aromatic rings. The fraction of sp³-hybridized carbons (Fsp3) is 0.909. The molecule has 2 rings (SSSR count). The minimum atomic E-state index is -0.470. The smallest absolute Gasteiger partial charge is 0.227 e. The monoisotopic (exact) mass is 248 g/mol. The Morgan fingerprint density at radius 1 is 1.50 bits per heavy atom. The van der Waals surface area contributed by atoms with Gasteiger partial charge in [0.1, 0.15) is 0 Å². The number of hydrogen-bond acceptors (Lipinski definition) is 3. The number of amides is 1. The van der Waals surface area contributed by atoms with E-state index in [4.69, 9.17) is 10.5 Å². The lowest BCUT2D eigenvalue weighted by atomic mass is 9.90. The summed E-state index contributed by atoms with van der Waals surface area (Å²) in [6.07, 6.45) is 3.82. The molecule has 2 saturated heterocycles. The van der Waals surface area contributed by atoms with Gasteiger partial charge in [-0.1, -0.05) is 0 Å². The van der Waals surface area contributed by atoms with Gasteiger partial charge < -0.3 is 15.8 Å². The van der Waals surface area contributed by atoms with Gasteiger partial charge in [0.2, 0.25) is 5.91 Å². The molecular weight excluding hydrogens is 228 g/mol. The van der Waals surface area contributed by atoms with Crippen molar-refractivity contribution < 1.29 is 9.53 Å². The highest BCUT2D eigenvalue weighted by Gasteiger charge is 2.42. The third-order valence-corrected chi connectivity index (χ3v) is 3.55. The maximum absolute atomic E-state index is 11.9. The maximum atomic E-state index is 11.9. The van der Waals surface area contributed by atoms with Gasteiger partial charge in [-0.25, -0.2) is 0 Å². The molecule has 0 aromatic heterocycles. The van der Waals surface area contributed by atoms with E-state index in [-0.39, 0.29) is 30.5 Å².